The van der Waals surface area contributed by atoms with E-state index in [-0.39, 0.29) is 60.6 Å². The Balaban J connectivity index is 1.33. The molecule has 13 heteroatoms. The molecule has 0 saturated heterocycles. The number of rotatable bonds is 18. The summed E-state index contributed by atoms with van der Waals surface area (Å²) >= 11 is 0. The van der Waals surface area contributed by atoms with Crippen molar-refractivity contribution in [3.8, 4) is 11.4 Å². The molecule has 0 saturated carbocycles. The Bertz CT molecular complexity index is 2390. The maximum absolute atomic E-state index is 14.4. The molecule has 6 rings (SSSR count). The maximum Gasteiger partial charge on any atom is 0.311 e. The molecule has 0 bridgehead atoms. The van der Waals surface area contributed by atoms with Gasteiger partial charge in [0.25, 0.3) is 11.8 Å². The van der Waals surface area contributed by atoms with E-state index < -0.39 is 11.8 Å². The molecule has 5 aromatic carbocycles. The van der Waals surface area contributed by atoms with Crippen molar-refractivity contribution >= 4 is 46.0 Å². The van der Waals surface area contributed by atoms with Crippen LogP contribution in [0.4, 0.5) is 11.4 Å². The number of phenols is 1. The monoisotopic (exact) mass is 808 g/mol. The third kappa shape index (κ3) is 10.4. The SMILES string of the molecule is CCCCN(C(=O)c1cc(CNC(=O)C(=O)N(CCN)CCc2ccccc2)c(O)c(-n2nc3ccc(C(=O)N(CCCC)c4ccccc4)cc3n2)c1)c1ccccc1. The van der Waals surface area contributed by atoms with E-state index in [1.54, 1.807) is 28.0 Å². The van der Waals surface area contributed by atoms with Crippen LogP contribution in [0.15, 0.2) is 121 Å². The van der Waals surface area contributed by atoms with E-state index in [1.807, 2.05) is 97.9 Å². The molecule has 6 aromatic rings. The van der Waals surface area contributed by atoms with Crippen molar-refractivity contribution in [3.63, 3.8) is 0 Å². The molecule has 0 radical (unpaired) electrons. The minimum Gasteiger partial charge on any atom is -0.505 e. The number of phenolic OH excluding ortho intramolecular Hbond substituents is 1. The molecule has 1 heterocycles. The van der Waals surface area contributed by atoms with Gasteiger partial charge in [-0.05, 0) is 79.4 Å². The number of fused-ring (bicyclic) bond motifs is 1. The summed E-state index contributed by atoms with van der Waals surface area (Å²) in [7, 11) is 0. The van der Waals surface area contributed by atoms with Gasteiger partial charge in [-0.25, -0.2) is 0 Å². The molecular formula is C47H52N8O5. The molecule has 4 N–H and O–H groups in total. The highest BCUT2D eigenvalue weighted by molar-refractivity contribution is 6.35. The number of benzene rings is 5. The molecular weight excluding hydrogens is 757 g/mol. The van der Waals surface area contributed by atoms with Crippen molar-refractivity contribution in [3.05, 3.63) is 144 Å². The molecule has 310 valence electrons. The van der Waals surface area contributed by atoms with Crippen LogP contribution < -0.4 is 20.9 Å². The first-order valence-electron chi connectivity index (χ1n) is 20.5. The van der Waals surface area contributed by atoms with Crippen LogP contribution in [0.25, 0.3) is 16.7 Å². The largest absolute Gasteiger partial charge is 0.505 e. The molecule has 1 aromatic heterocycles. The Kier molecular flexibility index (Phi) is 14.8. The van der Waals surface area contributed by atoms with Crippen LogP contribution >= 0.6 is 0 Å². The lowest BCUT2D eigenvalue weighted by atomic mass is 10.1. The number of nitrogens with two attached hydrogens (primary N) is 1. The lowest BCUT2D eigenvalue weighted by molar-refractivity contribution is -0.145. The third-order valence-electron chi connectivity index (χ3n) is 10.2. The van der Waals surface area contributed by atoms with Gasteiger partial charge in [0.1, 0.15) is 22.5 Å². The fraction of sp³-hybridized carbons (Fsp3) is 0.277. The predicted octanol–water partition coefficient (Wildman–Crippen LogP) is 6.67. The number of hydrogen-bond donors (Lipinski definition) is 3. The second-order valence-corrected chi connectivity index (χ2v) is 14.5. The number of carbonyl (C=O) groups is 4. The van der Waals surface area contributed by atoms with E-state index in [0.29, 0.717) is 41.8 Å². The number of amides is 4. The second kappa shape index (κ2) is 20.7. The molecule has 0 atom stereocenters. The Morgan fingerprint density at radius 1 is 0.667 bits per heavy atom. The van der Waals surface area contributed by atoms with Crippen LogP contribution in [-0.2, 0) is 22.6 Å². The minimum atomic E-state index is -0.883. The summed E-state index contributed by atoms with van der Waals surface area (Å²) in [5.74, 6) is -2.47. The second-order valence-electron chi connectivity index (χ2n) is 14.5. The molecule has 0 spiro atoms. The smallest absolute Gasteiger partial charge is 0.311 e. The quantitative estimate of drug-likeness (QED) is 0.0811. The Morgan fingerprint density at radius 3 is 1.82 bits per heavy atom. The minimum absolute atomic E-state index is 0.0745. The topological polar surface area (TPSA) is 167 Å². The van der Waals surface area contributed by atoms with Crippen molar-refractivity contribution < 1.29 is 24.3 Å². The summed E-state index contributed by atoms with van der Waals surface area (Å²) in [6, 6.07) is 36.5. The van der Waals surface area contributed by atoms with Crippen molar-refractivity contribution in [2.24, 2.45) is 5.73 Å². The van der Waals surface area contributed by atoms with Crippen LogP contribution in [0.1, 0.15) is 71.4 Å². The predicted molar refractivity (Wildman–Crippen MR) is 234 cm³/mol. The maximum atomic E-state index is 14.4. The van der Waals surface area contributed by atoms with Crippen LogP contribution in [0.3, 0.4) is 0 Å². The number of aromatic hydroxyl groups is 1. The molecule has 0 aliphatic heterocycles. The lowest BCUT2D eigenvalue weighted by Crippen LogP contribution is -2.45. The number of carbonyl (C=O) groups excluding carboxylic acids is 4. The molecule has 60 heavy (non-hydrogen) atoms. The molecule has 0 unspecified atom stereocenters. The highest BCUT2D eigenvalue weighted by Crippen LogP contribution is 2.30. The Morgan fingerprint density at radius 2 is 1.23 bits per heavy atom. The zero-order valence-electron chi connectivity index (χ0n) is 34.2. The summed E-state index contributed by atoms with van der Waals surface area (Å²) in [5, 5.41) is 23.8. The van der Waals surface area contributed by atoms with Crippen molar-refractivity contribution in [1.82, 2.24) is 25.2 Å². The van der Waals surface area contributed by atoms with Gasteiger partial charge < -0.3 is 30.9 Å². The number of hydrogen-bond acceptors (Lipinski definition) is 8. The van der Waals surface area contributed by atoms with E-state index in [1.165, 1.54) is 21.8 Å². The van der Waals surface area contributed by atoms with Gasteiger partial charge in [-0.1, -0.05) is 93.4 Å². The van der Waals surface area contributed by atoms with Gasteiger partial charge >= 0.3 is 11.8 Å². The zero-order valence-corrected chi connectivity index (χ0v) is 34.2. The summed E-state index contributed by atoms with van der Waals surface area (Å²) in [6.45, 7) is 5.45. The van der Waals surface area contributed by atoms with Gasteiger partial charge in [0.2, 0.25) is 0 Å². The number of nitrogens with zero attached hydrogens (tertiary/aromatic N) is 6. The van der Waals surface area contributed by atoms with Crippen LogP contribution in [0, 0.1) is 0 Å². The number of anilines is 2. The average Bonchev–Trinajstić information content (AvgIpc) is 3.72. The fourth-order valence-corrected chi connectivity index (χ4v) is 6.87. The molecule has 0 aliphatic carbocycles. The van der Waals surface area contributed by atoms with E-state index in [4.69, 9.17) is 5.73 Å². The van der Waals surface area contributed by atoms with Gasteiger partial charge in [0, 0.05) is 67.3 Å². The van der Waals surface area contributed by atoms with Crippen molar-refractivity contribution in [2.45, 2.75) is 52.5 Å². The van der Waals surface area contributed by atoms with Crippen LogP contribution in [-0.4, -0.2) is 81.4 Å². The normalized spacial score (nSPS) is 11.0. The standard InChI is InChI=1S/C47H52N8O5/c1-3-5-26-53(38-18-12-8-13-19-38)45(58)35-22-23-40-41(31-35)51-55(50-40)42-32-36(46(59)54(27-6-4-2)39-20-14-9-15-21-39)30-37(43(42)56)33-49-44(57)47(60)52(29-25-48)28-24-34-16-10-7-11-17-34/h7-23,30-32,56H,3-6,24-29,33,48H2,1-2H3,(H,49,57). The van der Waals surface area contributed by atoms with Gasteiger partial charge in [-0.3, -0.25) is 19.2 Å². The summed E-state index contributed by atoms with van der Waals surface area (Å²) in [4.78, 5) is 61.2. The summed E-state index contributed by atoms with van der Waals surface area (Å²) in [5.41, 5.74) is 10.0. The molecule has 0 aliphatic rings. The highest BCUT2D eigenvalue weighted by atomic mass is 16.3. The number of unbranched alkanes of at least 4 members (excludes halogenated alkanes) is 2. The van der Waals surface area contributed by atoms with Gasteiger partial charge in [-0.15, -0.1) is 15.0 Å². The van der Waals surface area contributed by atoms with Gasteiger partial charge in [0.05, 0.1) is 0 Å². The molecule has 4 amide bonds. The van der Waals surface area contributed by atoms with Crippen molar-refractivity contribution in [2.75, 3.05) is 42.5 Å². The van der Waals surface area contributed by atoms with Crippen LogP contribution in [0.5, 0.6) is 5.75 Å². The zero-order chi connectivity index (χ0) is 42.4. The van der Waals surface area contributed by atoms with Gasteiger partial charge in [0.15, 0.2) is 0 Å². The lowest BCUT2D eigenvalue weighted by Gasteiger charge is -2.24. The summed E-state index contributed by atoms with van der Waals surface area (Å²) < 4.78 is 0. The first kappa shape index (κ1) is 42.7. The molecule has 13 nitrogen and oxygen atoms in total. The fourth-order valence-electron chi connectivity index (χ4n) is 6.87. The third-order valence-corrected chi connectivity index (χ3v) is 10.2. The Hall–Kier alpha value is -6.86. The number of nitrogens with one attached hydrogen (secondary N) is 1. The first-order valence-corrected chi connectivity index (χ1v) is 20.5. The first-order chi connectivity index (χ1) is 29.2. The van der Waals surface area contributed by atoms with E-state index in [2.05, 4.69) is 22.4 Å². The van der Waals surface area contributed by atoms with E-state index in [9.17, 15) is 24.3 Å². The average molecular weight is 809 g/mol. The molecule has 0 fully saturated rings. The van der Waals surface area contributed by atoms with Gasteiger partial charge in [-0.2, -0.15) is 0 Å². The Labute approximate surface area is 350 Å². The highest BCUT2D eigenvalue weighted by Gasteiger charge is 2.26. The summed E-state index contributed by atoms with van der Waals surface area (Å²) in [6.07, 6.45) is 3.87. The number of aromatic nitrogens is 3. The van der Waals surface area contributed by atoms with Crippen LogP contribution in [0.2, 0.25) is 0 Å². The van der Waals surface area contributed by atoms with E-state index in [0.717, 1.165) is 36.9 Å². The van der Waals surface area contributed by atoms with E-state index >= 15 is 0 Å². The number of para-hydroxylation sites is 2. The van der Waals surface area contributed by atoms with Crippen molar-refractivity contribution in [1.29, 1.82) is 0 Å².